The van der Waals surface area contributed by atoms with E-state index in [1.807, 2.05) is 24.3 Å². The molecule has 0 saturated heterocycles. The summed E-state index contributed by atoms with van der Waals surface area (Å²) in [6, 6.07) is 10.5. The van der Waals surface area contributed by atoms with Crippen molar-refractivity contribution >= 4 is 0 Å². The minimum atomic E-state index is -0.227. The number of pyridine rings is 1. The molecule has 94 valence electrons. The van der Waals surface area contributed by atoms with E-state index in [1.54, 1.807) is 12.3 Å². The van der Waals surface area contributed by atoms with Crippen molar-refractivity contribution in [2.45, 2.75) is 19.9 Å². The molecule has 2 aromatic rings. The Hall–Kier alpha value is -1.74. The number of hydrogen-bond acceptors (Lipinski definition) is 2. The summed E-state index contributed by atoms with van der Waals surface area (Å²) in [5.74, 6) is -0.227. The summed E-state index contributed by atoms with van der Waals surface area (Å²) in [6.45, 7) is 3.82. The average Bonchev–Trinajstić information content (AvgIpc) is 2.41. The lowest BCUT2D eigenvalue weighted by atomic mass is 10.0. The van der Waals surface area contributed by atoms with Gasteiger partial charge in [0, 0.05) is 18.3 Å². The molecular weight excluding hydrogens is 227 g/mol. The van der Waals surface area contributed by atoms with Crippen LogP contribution in [0.5, 0.6) is 0 Å². The van der Waals surface area contributed by atoms with Gasteiger partial charge in [-0.1, -0.05) is 19.1 Å². The summed E-state index contributed by atoms with van der Waals surface area (Å²) in [4.78, 5) is 4.28. The van der Waals surface area contributed by atoms with Gasteiger partial charge in [0.05, 0.1) is 5.69 Å². The molecule has 0 bridgehead atoms. The molecule has 1 aromatic carbocycles. The molecule has 3 heteroatoms. The maximum atomic E-state index is 13.4. The van der Waals surface area contributed by atoms with E-state index < -0.39 is 0 Å². The monoisotopic (exact) mass is 244 g/mol. The second kappa shape index (κ2) is 6.26. The van der Waals surface area contributed by atoms with Crippen molar-refractivity contribution in [1.29, 1.82) is 0 Å². The van der Waals surface area contributed by atoms with Crippen molar-refractivity contribution in [1.82, 2.24) is 10.3 Å². The van der Waals surface area contributed by atoms with Crippen LogP contribution in [0.15, 0.2) is 42.6 Å². The Morgan fingerprint density at radius 3 is 2.83 bits per heavy atom. The van der Waals surface area contributed by atoms with Crippen LogP contribution in [0, 0.1) is 5.82 Å². The van der Waals surface area contributed by atoms with Gasteiger partial charge in [0.25, 0.3) is 0 Å². The van der Waals surface area contributed by atoms with E-state index in [1.165, 1.54) is 6.07 Å². The first-order valence-electron chi connectivity index (χ1n) is 6.22. The summed E-state index contributed by atoms with van der Waals surface area (Å²) in [5, 5.41) is 3.33. The number of hydrogen-bond donors (Lipinski definition) is 1. The van der Waals surface area contributed by atoms with Crippen LogP contribution in [0.2, 0.25) is 0 Å². The van der Waals surface area contributed by atoms with Crippen LogP contribution in [0.4, 0.5) is 4.39 Å². The van der Waals surface area contributed by atoms with Gasteiger partial charge in [-0.15, -0.1) is 0 Å². The zero-order chi connectivity index (χ0) is 12.8. The average molecular weight is 244 g/mol. The molecule has 0 fully saturated rings. The Kier molecular flexibility index (Phi) is 4.42. The Balaban J connectivity index is 2.29. The van der Waals surface area contributed by atoms with E-state index in [0.29, 0.717) is 0 Å². The zero-order valence-electron chi connectivity index (χ0n) is 10.5. The van der Waals surface area contributed by atoms with Gasteiger partial charge >= 0.3 is 0 Å². The van der Waals surface area contributed by atoms with Gasteiger partial charge in [0.15, 0.2) is 0 Å². The molecule has 0 amide bonds. The van der Waals surface area contributed by atoms with E-state index in [-0.39, 0.29) is 5.82 Å². The van der Waals surface area contributed by atoms with Crippen molar-refractivity contribution in [2.24, 2.45) is 0 Å². The molecule has 0 unspecified atom stereocenters. The Labute approximate surface area is 107 Å². The fourth-order valence-electron chi connectivity index (χ4n) is 1.86. The number of aromatic nitrogens is 1. The number of nitrogens with zero attached hydrogens (tertiary/aromatic N) is 1. The van der Waals surface area contributed by atoms with Crippen LogP contribution < -0.4 is 5.32 Å². The summed E-state index contributed by atoms with van der Waals surface area (Å²) in [7, 11) is 0. The zero-order valence-corrected chi connectivity index (χ0v) is 10.5. The van der Waals surface area contributed by atoms with Crippen molar-refractivity contribution < 1.29 is 4.39 Å². The van der Waals surface area contributed by atoms with Crippen molar-refractivity contribution in [3.05, 3.63) is 54.0 Å². The Morgan fingerprint density at radius 2 is 2.11 bits per heavy atom. The Morgan fingerprint density at radius 1 is 1.22 bits per heavy atom. The molecule has 0 saturated carbocycles. The van der Waals surface area contributed by atoms with Crippen molar-refractivity contribution in [2.75, 3.05) is 6.54 Å². The smallest absolute Gasteiger partial charge is 0.123 e. The lowest BCUT2D eigenvalue weighted by Crippen LogP contribution is -2.14. The van der Waals surface area contributed by atoms with Gasteiger partial charge in [-0.05, 0) is 42.8 Å². The largest absolute Gasteiger partial charge is 0.313 e. The van der Waals surface area contributed by atoms with Gasteiger partial charge in [-0.2, -0.15) is 0 Å². The predicted molar refractivity (Wildman–Crippen MR) is 71.6 cm³/mol. The number of nitrogens with one attached hydrogen (secondary N) is 1. The molecule has 2 rings (SSSR count). The first kappa shape index (κ1) is 12.7. The highest BCUT2D eigenvalue weighted by molar-refractivity contribution is 5.63. The lowest BCUT2D eigenvalue weighted by molar-refractivity contribution is 0.625. The van der Waals surface area contributed by atoms with Crippen LogP contribution in [-0.4, -0.2) is 11.5 Å². The van der Waals surface area contributed by atoms with E-state index in [0.717, 1.165) is 36.3 Å². The summed E-state index contributed by atoms with van der Waals surface area (Å²) >= 11 is 0. The van der Waals surface area contributed by atoms with Crippen LogP contribution in [-0.2, 0) is 6.54 Å². The minimum absolute atomic E-state index is 0.227. The van der Waals surface area contributed by atoms with Crippen molar-refractivity contribution in [3.8, 4) is 11.3 Å². The molecule has 1 aromatic heterocycles. The molecule has 0 spiro atoms. The second-order valence-electron chi connectivity index (χ2n) is 4.19. The highest BCUT2D eigenvalue weighted by atomic mass is 19.1. The van der Waals surface area contributed by atoms with Gasteiger partial charge in [0.2, 0.25) is 0 Å². The lowest BCUT2D eigenvalue weighted by Gasteiger charge is -2.10. The molecule has 0 atom stereocenters. The third-order valence-electron chi connectivity index (χ3n) is 2.75. The van der Waals surface area contributed by atoms with E-state index >= 15 is 0 Å². The molecule has 2 nitrogen and oxygen atoms in total. The van der Waals surface area contributed by atoms with Crippen LogP contribution in [0.25, 0.3) is 11.3 Å². The van der Waals surface area contributed by atoms with E-state index in [2.05, 4.69) is 17.2 Å². The molecule has 1 N–H and O–H groups in total. The van der Waals surface area contributed by atoms with Gasteiger partial charge in [0.1, 0.15) is 5.82 Å². The van der Waals surface area contributed by atoms with Gasteiger partial charge in [-0.3, -0.25) is 4.98 Å². The molecule has 0 aliphatic heterocycles. The third kappa shape index (κ3) is 3.14. The fraction of sp³-hybridized carbons (Fsp3) is 0.267. The maximum Gasteiger partial charge on any atom is 0.123 e. The fourth-order valence-corrected chi connectivity index (χ4v) is 1.86. The molecule has 0 aliphatic carbocycles. The summed E-state index contributed by atoms with van der Waals surface area (Å²) in [5.41, 5.74) is 2.74. The van der Waals surface area contributed by atoms with Crippen molar-refractivity contribution in [3.63, 3.8) is 0 Å². The normalized spacial score (nSPS) is 10.6. The van der Waals surface area contributed by atoms with E-state index in [9.17, 15) is 4.39 Å². The minimum Gasteiger partial charge on any atom is -0.313 e. The van der Waals surface area contributed by atoms with E-state index in [4.69, 9.17) is 0 Å². The molecule has 0 aliphatic rings. The van der Waals surface area contributed by atoms with Crippen LogP contribution >= 0.6 is 0 Å². The highest BCUT2D eigenvalue weighted by Crippen LogP contribution is 2.22. The van der Waals surface area contributed by atoms with Crippen LogP contribution in [0.1, 0.15) is 18.9 Å². The number of halogens is 1. The van der Waals surface area contributed by atoms with Crippen LogP contribution in [0.3, 0.4) is 0 Å². The first-order valence-corrected chi connectivity index (χ1v) is 6.22. The number of rotatable bonds is 5. The standard InChI is InChI=1S/C15H17FN2/c1-2-8-17-11-12-6-7-13(16)10-14(12)15-5-3-4-9-18-15/h3-7,9-10,17H,2,8,11H2,1H3. The molecular formula is C15H17FN2. The number of benzene rings is 1. The SMILES string of the molecule is CCCNCc1ccc(F)cc1-c1ccccn1. The van der Waals surface area contributed by atoms with Gasteiger partial charge < -0.3 is 5.32 Å². The van der Waals surface area contributed by atoms with Gasteiger partial charge in [-0.25, -0.2) is 4.39 Å². The highest BCUT2D eigenvalue weighted by Gasteiger charge is 2.07. The molecule has 1 heterocycles. The predicted octanol–water partition coefficient (Wildman–Crippen LogP) is 3.39. The summed E-state index contributed by atoms with van der Waals surface area (Å²) in [6.07, 6.45) is 2.81. The molecule has 18 heavy (non-hydrogen) atoms. The maximum absolute atomic E-state index is 13.4. The third-order valence-corrected chi connectivity index (χ3v) is 2.75. The second-order valence-corrected chi connectivity index (χ2v) is 4.19. The Bertz CT molecular complexity index is 497. The molecule has 0 radical (unpaired) electrons. The summed E-state index contributed by atoms with van der Waals surface area (Å²) < 4.78 is 13.4. The topological polar surface area (TPSA) is 24.9 Å². The first-order chi connectivity index (χ1) is 8.81. The quantitative estimate of drug-likeness (QED) is 0.815.